The van der Waals surface area contributed by atoms with E-state index < -0.39 is 0 Å². The molecule has 8 atom stereocenters. The minimum atomic E-state index is 0.631. The lowest BCUT2D eigenvalue weighted by Crippen LogP contribution is -2.52. The van der Waals surface area contributed by atoms with E-state index in [4.69, 9.17) is 0 Å². The molecule has 1 unspecified atom stereocenters. The van der Waals surface area contributed by atoms with Gasteiger partial charge < -0.3 is 0 Å². The topological polar surface area (TPSA) is 0 Å². The van der Waals surface area contributed by atoms with Gasteiger partial charge in [-0.05, 0) is 97.7 Å². The number of hydrogen-bond acceptors (Lipinski definition) is 0. The Morgan fingerprint density at radius 2 is 1.75 bits per heavy atom. The molecule has 0 radical (unpaired) electrons. The summed E-state index contributed by atoms with van der Waals surface area (Å²) in [4.78, 5) is 0. The number of hydrogen-bond donors (Lipinski definition) is 0. The van der Waals surface area contributed by atoms with E-state index in [9.17, 15) is 0 Å². The van der Waals surface area contributed by atoms with Crippen LogP contribution in [0.5, 0.6) is 0 Å². The first-order valence-corrected chi connectivity index (χ1v) is 11.2. The van der Waals surface area contributed by atoms with E-state index in [1.165, 1.54) is 51.4 Å². The molecule has 0 aliphatic heterocycles. The molecule has 0 aromatic heterocycles. The van der Waals surface area contributed by atoms with Crippen LogP contribution in [0.3, 0.4) is 0 Å². The second kappa shape index (κ2) is 6.17. The van der Waals surface area contributed by atoms with Crippen LogP contribution < -0.4 is 0 Å². The summed E-state index contributed by atoms with van der Waals surface area (Å²) in [5.41, 5.74) is 1.30. The molecule has 4 aliphatic carbocycles. The van der Waals surface area contributed by atoms with Gasteiger partial charge in [-0.15, -0.1) is 0 Å². The maximum atomic E-state index is 2.72. The Kier molecular flexibility index (Phi) is 4.41. The lowest BCUT2D eigenvalue weighted by atomic mass is 9.45. The van der Waals surface area contributed by atoms with Crippen LogP contribution in [0.2, 0.25) is 0 Å². The van der Waals surface area contributed by atoms with Crippen molar-refractivity contribution < 1.29 is 0 Å². The third-order valence-electron chi connectivity index (χ3n) is 9.71. The van der Waals surface area contributed by atoms with Gasteiger partial charge in [0.15, 0.2) is 0 Å². The molecular formula is C24H40. The van der Waals surface area contributed by atoms with Gasteiger partial charge in [0.25, 0.3) is 0 Å². The first kappa shape index (κ1) is 17.2. The summed E-state index contributed by atoms with van der Waals surface area (Å²) >= 11 is 0. The predicted octanol–water partition coefficient (Wildman–Crippen LogP) is 7.25. The van der Waals surface area contributed by atoms with Crippen molar-refractivity contribution in [2.45, 2.75) is 91.9 Å². The SMILES string of the molecule is CCC[C@@H](C)[C@H]1CC[C@H]2[C@@H]3CCC4CC=CC[C@]4(C)[C@H]3CC[C@]12C. The third kappa shape index (κ3) is 2.38. The first-order valence-electron chi connectivity index (χ1n) is 11.2. The van der Waals surface area contributed by atoms with Crippen molar-refractivity contribution in [3.8, 4) is 0 Å². The Morgan fingerprint density at radius 1 is 0.958 bits per heavy atom. The number of rotatable bonds is 3. The molecule has 136 valence electrons. The highest BCUT2D eigenvalue weighted by atomic mass is 14.6. The van der Waals surface area contributed by atoms with Gasteiger partial charge in [0.1, 0.15) is 0 Å². The van der Waals surface area contributed by atoms with Crippen LogP contribution in [0.1, 0.15) is 91.9 Å². The second-order valence-corrected chi connectivity index (χ2v) is 10.6. The first-order chi connectivity index (χ1) is 11.5. The molecule has 0 heterocycles. The summed E-state index contributed by atoms with van der Waals surface area (Å²) in [6, 6.07) is 0. The van der Waals surface area contributed by atoms with Crippen LogP contribution in [0.15, 0.2) is 12.2 Å². The lowest BCUT2D eigenvalue weighted by molar-refractivity contribution is -0.101. The maximum Gasteiger partial charge on any atom is -0.0229 e. The fourth-order valence-electron chi connectivity index (χ4n) is 8.47. The van der Waals surface area contributed by atoms with Crippen molar-refractivity contribution in [3.05, 3.63) is 12.2 Å². The molecule has 0 heteroatoms. The highest BCUT2D eigenvalue weighted by molar-refractivity contribution is 5.12. The van der Waals surface area contributed by atoms with E-state index >= 15 is 0 Å². The lowest BCUT2D eigenvalue weighted by Gasteiger charge is -2.60. The number of fused-ring (bicyclic) bond motifs is 5. The van der Waals surface area contributed by atoms with Crippen molar-refractivity contribution in [1.82, 2.24) is 0 Å². The molecule has 0 amide bonds. The Morgan fingerprint density at radius 3 is 2.54 bits per heavy atom. The van der Waals surface area contributed by atoms with E-state index in [0.29, 0.717) is 10.8 Å². The molecular weight excluding hydrogens is 288 g/mol. The summed E-state index contributed by atoms with van der Waals surface area (Å²) in [5, 5.41) is 0. The predicted molar refractivity (Wildman–Crippen MR) is 104 cm³/mol. The summed E-state index contributed by atoms with van der Waals surface area (Å²) in [5.74, 6) is 6.08. The van der Waals surface area contributed by atoms with Crippen molar-refractivity contribution in [1.29, 1.82) is 0 Å². The molecule has 3 fully saturated rings. The zero-order valence-electron chi connectivity index (χ0n) is 16.7. The quantitative estimate of drug-likeness (QED) is 0.479. The molecule has 0 nitrogen and oxygen atoms in total. The second-order valence-electron chi connectivity index (χ2n) is 10.6. The van der Waals surface area contributed by atoms with Gasteiger partial charge in [0, 0.05) is 0 Å². The van der Waals surface area contributed by atoms with Crippen molar-refractivity contribution in [3.63, 3.8) is 0 Å². The minimum absolute atomic E-state index is 0.631. The summed E-state index contributed by atoms with van der Waals surface area (Å²) in [7, 11) is 0. The van der Waals surface area contributed by atoms with Crippen LogP contribution in [0.4, 0.5) is 0 Å². The van der Waals surface area contributed by atoms with E-state index in [0.717, 1.165) is 35.5 Å². The van der Waals surface area contributed by atoms with Gasteiger partial charge >= 0.3 is 0 Å². The average Bonchev–Trinajstić information content (AvgIpc) is 2.92. The van der Waals surface area contributed by atoms with E-state index in [1.54, 1.807) is 12.8 Å². The normalized spacial score (nSPS) is 51.6. The van der Waals surface area contributed by atoms with Crippen LogP contribution in [0.25, 0.3) is 0 Å². The molecule has 0 saturated heterocycles. The van der Waals surface area contributed by atoms with Gasteiger partial charge in [-0.3, -0.25) is 0 Å². The highest BCUT2D eigenvalue weighted by Gasteiger charge is 2.59. The van der Waals surface area contributed by atoms with Crippen LogP contribution in [0, 0.1) is 46.3 Å². The van der Waals surface area contributed by atoms with Crippen molar-refractivity contribution in [2.75, 3.05) is 0 Å². The molecule has 0 aromatic carbocycles. The zero-order valence-corrected chi connectivity index (χ0v) is 16.7. The van der Waals surface area contributed by atoms with E-state index in [-0.39, 0.29) is 0 Å². The minimum Gasteiger partial charge on any atom is -0.0882 e. The standard InChI is InChI=1S/C24H40/c1-5-8-17(2)20-12-13-21-19-11-10-18-9-6-7-15-23(18,3)22(19)14-16-24(20,21)4/h6-7,17-22H,5,8-16H2,1-4H3/t17-,18?,19+,20-,21+,22+,23+,24-/m1/s1. The third-order valence-corrected chi connectivity index (χ3v) is 9.71. The summed E-state index contributed by atoms with van der Waals surface area (Å²) < 4.78 is 0. The maximum absolute atomic E-state index is 2.72. The monoisotopic (exact) mass is 328 g/mol. The largest absolute Gasteiger partial charge is 0.0882 e. The van der Waals surface area contributed by atoms with Gasteiger partial charge in [-0.2, -0.15) is 0 Å². The Labute approximate surface area is 150 Å². The molecule has 0 N–H and O–H groups in total. The smallest absolute Gasteiger partial charge is 0.0229 e. The fourth-order valence-corrected chi connectivity index (χ4v) is 8.47. The van der Waals surface area contributed by atoms with Crippen molar-refractivity contribution >= 4 is 0 Å². The van der Waals surface area contributed by atoms with Crippen molar-refractivity contribution in [2.24, 2.45) is 46.3 Å². The molecule has 0 spiro atoms. The summed E-state index contributed by atoms with van der Waals surface area (Å²) in [6.07, 6.45) is 19.8. The highest BCUT2D eigenvalue weighted by Crippen LogP contribution is 2.67. The van der Waals surface area contributed by atoms with Gasteiger partial charge in [-0.25, -0.2) is 0 Å². The van der Waals surface area contributed by atoms with Crippen LogP contribution in [-0.4, -0.2) is 0 Å². The Hall–Kier alpha value is -0.260. The van der Waals surface area contributed by atoms with Gasteiger partial charge in [0.05, 0.1) is 0 Å². The molecule has 3 saturated carbocycles. The van der Waals surface area contributed by atoms with E-state index in [2.05, 4.69) is 39.8 Å². The fraction of sp³-hybridized carbons (Fsp3) is 0.917. The van der Waals surface area contributed by atoms with Gasteiger partial charge in [0.2, 0.25) is 0 Å². The van der Waals surface area contributed by atoms with Gasteiger partial charge in [-0.1, -0.05) is 52.7 Å². The molecule has 0 aromatic rings. The summed E-state index contributed by atoms with van der Waals surface area (Å²) in [6.45, 7) is 10.3. The Balaban J connectivity index is 1.58. The molecule has 0 bridgehead atoms. The van der Waals surface area contributed by atoms with Crippen LogP contribution in [-0.2, 0) is 0 Å². The van der Waals surface area contributed by atoms with Crippen LogP contribution >= 0.6 is 0 Å². The molecule has 4 rings (SSSR count). The zero-order chi connectivity index (χ0) is 16.9. The molecule has 4 aliphatic rings. The Bertz CT molecular complexity index is 490. The number of allylic oxidation sites excluding steroid dienone is 2. The average molecular weight is 329 g/mol. The molecule has 24 heavy (non-hydrogen) atoms. The van der Waals surface area contributed by atoms with E-state index in [1.807, 2.05) is 0 Å².